The summed E-state index contributed by atoms with van der Waals surface area (Å²) in [4.78, 5) is 39.5. The number of hydrogen-bond acceptors (Lipinski definition) is 8. The first-order valence-corrected chi connectivity index (χ1v) is 11.3. The Kier molecular flexibility index (Phi) is 5.36. The van der Waals surface area contributed by atoms with Gasteiger partial charge in [-0.25, -0.2) is 15.0 Å². The molecule has 5 rings (SSSR count). The smallest absolute Gasteiger partial charge is 0.290 e. The van der Waals surface area contributed by atoms with Crippen LogP contribution in [0, 0.1) is 6.92 Å². The molecule has 8 nitrogen and oxygen atoms in total. The van der Waals surface area contributed by atoms with Gasteiger partial charge in [0.05, 0.1) is 21.8 Å². The van der Waals surface area contributed by atoms with E-state index in [0.29, 0.717) is 21.6 Å². The van der Waals surface area contributed by atoms with E-state index in [1.807, 2.05) is 6.07 Å². The Morgan fingerprint density at radius 3 is 2.84 bits per heavy atom. The third-order valence-electron chi connectivity index (χ3n) is 5.69. The fourth-order valence-corrected chi connectivity index (χ4v) is 4.86. The molecular weight excluding hydrogens is 424 g/mol. The van der Waals surface area contributed by atoms with E-state index in [-0.39, 0.29) is 11.3 Å². The van der Waals surface area contributed by atoms with Crippen LogP contribution in [0.5, 0.6) is 0 Å². The van der Waals surface area contributed by atoms with Crippen LogP contribution in [0.3, 0.4) is 0 Å². The number of nitrogens with zero attached hydrogens (tertiary/aromatic N) is 4. The van der Waals surface area contributed by atoms with Crippen LogP contribution in [0.15, 0.2) is 41.6 Å². The lowest BCUT2D eigenvalue weighted by Crippen LogP contribution is -2.43. The van der Waals surface area contributed by atoms with Crippen LogP contribution in [-0.2, 0) is 4.79 Å². The van der Waals surface area contributed by atoms with E-state index >= 15 is 0 Å². The molecule has 3 aromatic rings. The highest BCUT2D eigenvalue weighted by atomic mass is 32.2. The number of imide groups is 1. The second-order valence-corrected chi connectivity index (χ2v) is 9.04. The second-order valence-electron chi connectivity index (χ2n) is 8.03. The number of piperidine rings is 1. The molecule has 0 spiro atoms. The van der Waals surface area contributed by atoms with Crippen LogP contribution in [0.4, 0.5) is 10.5 Å². The summed E-state index contributed by atoms with van der Waals surface area (Å²) in [6, 6.07) is 10.1. The molecule has 2 aromatic heterocycles. The zero-order valence-corrected chi connectivity index (χ0v) is 18.4. The number of thioether (sulfide) groups is 1. The zero-order valence-electron chi connectivity index (χ0n) is 17.5. The second kappa shape index (κ2) is 8.33. The third kappa shape index (κ3) is 3.96. The van der Waals surface area contributed by atoms with Gasteiger partial charge >= 0.3 is 0 Å². The van der Waals surface area contributed by atoms with Gasteiger partial charge in [-0.05, 0) is 67.4 Å². The number of amides is 2. The highest BCUT2D eigenvalue weighted by Gasteiger charge is 2.25. The predicted molar refractivity (Wildman–Crippen MR) is 126 cm³/mol. The molecule has 4 heterocycles. The molecule has 1 atom stereocenters. The maximum atomic E-state index is 11.9. The van der Waals surface area contributed by atoms with Crippen LogP contribution in [0.2, 0.25) is 0 Å². The Bertz CT molecular complexity index is 1270. The summed E-state index contributed by atoms with van der Waals surface area (Å²) in [6.07, 6.45) is 5.31. The molecule has 2 aliphatic heterocycles. The van der Waals surface area contributed by atoms with Gasteiger partial charge in [0.15, 0.2) is 0 Å². The average Bonchev–Trinajstić information content (AvgIpc) is 3.09. The van der Waals surface area contributed by atoms with Gasteiger partial charge in [-0.3, -0.25) is 14.9 Å². The van der Waals surface area contributed by atoms with Crippen LogP contribution >= 0.6 is 11.8 Å². The number of benzene rings is 1. The van der Waals surface area contributed by atoms with E-state index in [1.54, 1.807) is 12.1 Å². The maximum Gasteiger partial charge on any atom is 0.290 e. The number of carbonyl (C=O) groups excluding carboxylic acids is 2. The molecule has 0 aliphatic carbocycles. The Balaban J connectivity index is 1.52. The third-order valence-corrected chi connectivity index (χ3v) is 6.50. The number of anilines is 1. The number of pyridine rings is 1. The van der Waals surface area contributed by atoms with Gasteiger partial charge in [0.1, 0.15) is 11.8 Å². The minimum atomic E-state index is -0.407. The van der Waals surface area contributed by atoms with Crippen molar-refractivity contribution in [3.8, 4) is 11.3 Å². The molecule has 0 radical (unpaired) electrons. The van der Waals surface area contributed by atoms with Crippen molar-refractivity contribution in [3.05, 3.63) is 52.8 Å². The molecule has 1 aromatic carbocycles. The number of fused-ring (bicyclic) bond motifs is 1. The lowest BCUT2D eigenvalue weighted by molar-refractivity contribution is -0.115. The SMILES string of the molecule is Cc1cc(-c2ncnc3ccc(C=C4SC(=O)NC4=O)nc23)ccc1N1CCC[C@@H](N)C1. The largest absolute Gasteiger partial charge is 0.370 e. The van der Waals surface area contributed by atoms with Crippen molar-refractivity contribution in [3.63, 3.8) is 0 Å². The van der Waals surface area contributed by atoms with E-state index in [9.17, 15) is 9.59 Å². The summed E-state index contributed by atoms with van der Waals surface area (Å²) in [6.45, 7) is 3.97. The van der Waals surface area contributed by atoms with Gasteiger partial charge in [-0.1, -0.05) is 6.07 Å². The molecule has 2 fully saturated rings. The highest BCUT2D eigenvalue weighted by molar-refractivity contribution is 8.18. The van der Waals surface area contributed by atoms with Gasteiger partial charge in [0, 0.05) is 30.4 Å². The van der Waals surface area contributed by atoms with Crippen molar-refractivity contribution in [2.75, 3.05) is 18.0 Å². The number of nitrogens with one attached hydrogen (secondary N) is 1. The molecule has 162 valence electrons. The summed E-state index contributed by atoms with van der Waals surface area (Å²) < 4.78 is 0. The summed E-state index contributed by atoms with van der Waals surface area (Å²) in [7, 11) is 0. The van der Waals surface area contributed by atoms with Gasteiger partial charge < -0.3 is 10.6 Å². The Morgan fingerprint density at radius 2 is 2.09 bits per heavy atom. The summed E-state index contributed by atoms with van der Waals surface area (Å²) in [5, 5.41) is 1.88. The average molecular weight is 447 g/mol. The Hall–Kier alpha value is -3.30. The number of aromatic nitrogens is 3. The minimum absolute atomic E-state index is 0.209. The first kappa shape index (κ1) is 20.6. The first-order chi connectivity index (χ1) is 15.5. The molecule has 2 aliphatic rings. The molecule has 2 saturated heterocycles. The topological polar surface area (TPSA) is 114 Å². The van der Waals surface area contributed by atoms with Gasteiger partial charge in [0.25, 0.3) is 11.1 Å². The summed E-state index contributed by atoms with van der Waals surface area (Å²) >= 11 is 0.868. The van der Waals surface area contributed by atoms with Crippen LogP contribution < -0.4 is 16.0 Å². The Morgan fingerprint density at radius 1 is 1.22 bits per heavy atom. The van der Waals surface area contributed by atoms with Crippen molar-refractivity contribution in [2.45, 2.75) is 25.8 Å². The molecule has 0 bridgehead atoms. The zero-order chi connectivity index (χ0) is 22.2. The van der Waals surface area contributed by atoms with Gasteiger partial charge in [-0.15, -0.1) is 0 Å². The van der Waals surface area contributed by atoms with Crippen molar-refractivity contribution < 1.29 is 9.59 Å². The van der Waals surface area contributed by atoms with Gasteiger partial charge in [0.2, 0.25) is 0 Å². The first-order valence-electron chi connectivity index (χ1n) is 10.5. The lowest BCUT2D eigenvalue weighted by atomic mass is 10.0. The highest BCUT2D eigenvalue weighted by Crippen LogP contribution is 2.31. The molecule has 32 heavy (non-hydrogen) atoms. The summed E-state index contributed by atoms with van der Waals surface area (Å²) in [5.74, 6) is -0.407. The van der Waals surface area contributed by atoms with Crippen molar-refractivity contribution in [1.82, 2.24) is 20.3 Å². The van der Waals surface area contributed by atoms with E-state index in [4.69, 9.17) is 10.7 Å². The van der Waals surface area contributed by atoms with E-state index < -0.39 is 5.91 Å². The molecule has 3 N–H and O–H groups in total. The van der Waals surface area contributed by atoms with Crippen LogP contribution in [0.25, 0.3) is 28.4 Å². The Labute approximate surface area is 189 Å². The van der Waals surface area contributed by atoms with Crippen molar-refractivity contribution in [2.24, 2.45) is 5.73 Å². The van der Waals surface area contributed by atoms with E-state index in [1.165, 1.54) is 12.0 Å². The molecule has 2 amide bonds. The lowest BCUT2D eigenvalue weighted by Gasteiger charge is -2.33. The maximum absolute atomic E-state index is 11.9. The summed E-state index contributed by atoms with van der Waals surface area (Å²) in [5.41, 5.74) is 12.1. The van der Waals surface area contributed by atoms with Gasteiger partial charge in [-0.2, -0.15) is 0 Å². The van der Waals surface area contributed by atoms with Crippen LogP contribution in [-0.4, -0.2) is 45.2 Å². The molecule has 0 unspecified atom stereocenters. The predicted octanol–water partition coefficient (Wildman–Crippen LogP) is 3.25. The quantitative estimate of drug-likeness (QED) is 0.590. The number of carbonyl (C=O) groups is 2. The molecule has 9 heteroatoms. The number of nitrogens with two attached hydrogens (primary N) is 1. The monoisotopic (exact) mass is 446 g/mol. The molecular formula is C23H22N6O2S. The van der Waals surface area contributed by atoms with Crippen molar-refractivity contribution >= 4 is 45.7 Å². The van der Waals surface area contributed by atoms with Crippen molar-refractivity contribution in [1.29, 1.82) is 0 Å². The fourth-order valence-electron chi connectivity index (χ4n) is 4.19. The minimum Gasteiger partial charge on any atom is -0.370 e. The normalized spacial score (nSPS) is 20.2. The fraction of sp³-hybridized carbons (Fsp3) is 0.261. The number of rotatable bonds is 3. The number of aryl methyl sites for hydroxylation is 1. The van der Waals surface area contributed by atoms with Crippen LogP contribution in [0.1, 0.15) is 24.1 Å². The number of hydrogen-bond donors (Lipinski definition) is 2. The van der Waals surface area contributed by atoms with E-state index in [2.05, 4.69) is 45.3 Å². The molecule has 0 saturated carbocycles. The van der Waals surface area contributed by atoms with E-state index in [0.717, 1.165) is 54.5 Å². The standard InChI is InChI=1S/C23H22N6O2S/c1-13-9-14(4-7-18(13)29-8-2-3-15(24)11-29)20-21-17(25-12-26-20)6-5-16(27-21)10-19-22(30)28-23(31)32-19/h4-7,9-10,12,15H,2-3,8,11,24H2,1H3,(H,28,30,31)/t15-/m1/s1.